The minimum absolute atomic E-state index is 0.0765. The van der Waals surface area contributed by atoms with Gasteiger partial charge in [-0.05, 0) is 67.5 Å². The quantitative estimate of drug-likeness (QED) is 0.669. The van der Waals surface area contributed by atoms with Gasteiger partial charge in [-0.1, -0.05) is 30.7 Å². The second-order valence-corrected chi connectivity index (χ2v) is 7.74. The third kappa shape index (κ3) is 6.12. The second-order valence-electron chi connectivity index (χ2n) is 7.74. The predicted molar refractivity (Wildman–Crippen MR) is 112 cm³/mol. The van der Waals surface area contributed by atoms with Crippen molar-refractivity contribution in [1.29, 1.82) is 0 Å². The van der Waals surface area contributed by atoms with Crippen LogP contribution in [0.3, 0.4) is 0 Å². The fourth-order valence-electron chi connectivity index (χ4n) is 3.92. The Morgan fingerprint density at radius 3 is 2.66 bits per heavy atom. The van der Waals surface area contributed by atoms with Gasteiger partial charge in [0, 0.05) is 17.8 Å². The van der Waals surface area contributed by atoms with Gasteiger partial charge in [0.2, 0.25) is 5.91 Å². The molecule has 4 N–H and O–H groups in total. The number of nitrogens with two attached hydrogens (primary N) is 1. The highest BCUT2D eigenvalue weighted by Crippen LogP contribution is 2.27. The molecule has 154 valence electrons. The number of anilines is 1. The van der Waals surface area contributed by atoms with E-state index in [2.05, 4.69) is 10.6 Å². The second kappa shape index (κ2) is 10.2. The lowest BCUT2D eigenvalue weighted by atomic mass is 9.81. The van der Waals surface area contributed by atoms with Gasteiger partial charge in [0.05, 0.1) is 6.42 Å². The first kappa shape index (κ1) is 21.0. The van der Waals surface area contributed by atoms with E-state index >= 15 is 0 Å². The summed E-state index contributed by atoms with van der Waals surface area (Å²) in [5.74, 6) is 0.0817. The van der Waals surface area contributed by atoms with E-state index in [1.54, 1.807) is 18.2 Å². The van der Waals surface area contributed by atoms with Gasteiger partial charge in [0.25, 0.3) is 5.91 Å². The minimum atomic E-state index is -0.468. The summed E-state index contributed by atoms with van der Waals surface area (Å²) in [5.41, 5.74) is 7.29. The smallest absolute Gasteiger partial charge is 0.255 e. The zero-order chi connectivity index (χ0) is 20.6. The van der Waals surface area contributed by atoms with Gasteiger partial charge < -0.3 is 16.4 Å². The van der Waals surface area contributed by atoms with Gasteiger partial charge in [0.1, 0.15) is 5.82 Å². The summed E-state index contributed by atoms with van der Waals surface area (Å²) >= 11 is 0. The topological polar surface area (TPSA) is 84.2 Å². The van der Waals surface area contributed by atoms with Crippen molar-refractivity contribution in [3.8, 4) is 0 Å². The number of para-hydroxylation sites is 1. The molecule has 1 aliphatic rings. The maximum atomic E-state index is 13.4. The highest BCUT2D eigenvalue weighted by molar-refractivity contribution is 6.04. The standard InChI is InChI=1S/C23H28FN3O2/c24-20-9-4-8-19(12-20)23(29)27-21-10-2-1-7-18(21)13-22(28)26-15-17-6-3-5-16(11-17)14-25/h1-2,4,7-10,12,16-17H,3,5-6,11,13-15,25H2,(H,26,28)(H,27,29). The Morgan fingerprint density at radius 1 is 1.07 bits per heavy atom. The Hall–Kier alpha value is -2.73. The van der Waals surface area contributed by atoms with E-state index in [0.717, 1.165) is 24.8 Å². The number of rotatable bonds is 7. The largest absolute Gasteiger partial charge is 0.356 e. The molecule has 2 aromatic carbocycles. The van der Waals surface area contributed by atoms with Crippen molar-refractivity contribution in [1.82, 2.24) is 5.32 Å². The molecule has 0 aliphatic heterocycles. The predicted octanol–water partition coefficient (Wildman–Crippen LogP) is 3.50. The lowest BCUT2D eigenvalue weighted by Gasteiger charge is -2.28. The van der Waals surface area contributed by atoms with Gasteiger partial charge >= 0.3 is 0 Å². The first-order valence-electron chi connectivity index (χ1n) is 10.2. The number of halogens is 1. The molecular weight excluding hydrogens is 369 g/mol. The fraction of sp³-hybridized carbons (Fsp3) is 0.391. The van der Waals surface area contributed by atoms with Gasteiger partial charge in [-0.25, -0.2) is 4.39 Å². The fourth-order valence-corrected chi connectivity index (χ4v) is 3.92. The minimum Gasteiger partial charge on any atom is -0.356 e. The van der Waals surface area contributed by atoms with Crippen LogP contribution in [0.2, 0.25) is 0 Å². The molecule has 0 bridgehead atoms. The molecule has 0 radical (unpaired) electrons. The van der Waals surface area contributed by atoms with Crippen LogP contribution >= 0.6 is 0 Å². The van der Waals surface area contributed by atoms with E-state index in [9.17, 15) is 14.0 Å². The Morgan fingerprint density at radius 2 is 1.86 bits per heavy atom. The summed E-state index contributed by atoms with van der Waals surface area (Å²) in [6.45, 7) is 1.37. The highest BCUT2D eigenvalue weighted by Gasteiger charge is 2.21. The van der Waals surface area contributed by atoms with Crippen molar-refractivity contribution in [3.05, 3.63) is 65.5 Å². The van der Waals surface area contributed by atoms with Crippen LogP contribution < -0.4 is 16.4 Å². The maximum Gasteiger partial charge on any atom is 0.255 e. The molecule has 6 heteroatoms. The van der Waals surface area contributed by atoms with Crippen LogP contribution in [0.1, 0.15) is 41.6 Å². The van der Waals surface area contributed by atoms with Crippen LogP contribution in [-0.4, -0.2) is 24.9 Å². The van der Waals surface area contributed by atoms with Gasteiger partial charge in [-0.3, -0.25) is 9.59 Å². The lowest BCUT2D eigenvalue weighted by molar-refractivity contribution is -0.120. The Kier molecular flexibility index (Phi) is 7.36. The summed E-state index contributed by atoms with van der Waals surface area (Å²) in [6, 6.07) is 12.7. The molecule has 0 saturated heterocycles. The van der Waals surface area contributed by atoms with Gasteiger partial charge in [-0.2, -0.15) is 0 Å². The van der Waals surface area contributed by atoms with Gasteiger partial charge in [0.15, 0.2) is 0 Å². The van der Waals surface area contributed by atoms with E-state index in [0.29, 0.717) is 30.6 Å². The summed E-state index contributed by atoms with van der Waals surface area (Å²) in [7, 11) is 0. The molecule has 0 heterocycles. The summed E-state index contributed by atoms with van der Waals surface area (Å²) < 4.78 is 13.4. The van der Waals surface area contributed by atoms with Crippen LogP contribution in [-0.2, 0) is 11.2 Å². The van der Waals surface area contributed by atoms with Crippen molar-refractivity contribution in [2.75, 3.05) is 18.4 Å². The van der Waals surface area contributed by atoms with Crippen LogP contribution in [0, 0.1) is 17.7 Å². The molecule has 1 aliphatic carbocycles. The number of carbonyl (C=O) groups is 2. The van der Waals surface area contributed by atoms with E-state index < -0.39 is 11.7 Å². The number of benzene rings is 2. The van der Waals surface area contributed by atoms with Crippen molar-refractivity contribution in [2.24, 2.45) is 17.6 Å². The molecule has 1 fully saturated rings. The van der Waals surface area contributed by atoms with Crippen LogP contribution in [0.4, 0.5) is 10.1 Å². The third-order valence-corrected chi connectivity index (χ3v) is 5.52. The van der Waals surface area contributed by atoms with Gasteiger partial charge in [-0.15, -0.1) is 0 Å². The third-order valence-electron chi connectivity index (χ3n) is 5.52. The average molecular weight is 397 g/mol. The zero-order valence-electron chi connectivity index (χ0n) is 16.5. The van der Waals surface area contributed by atoms with Crippen LogP contribution in [0.25, 0.3) is 0 Å². The summed E-state index contributed by atoms with van der Waals surface area (Å²) in [4.78, 5) is 24.9. The monoisotopic (exact) mass is 397 g/mol. The summed E-state index contributed by atoms with van der Waals surface area (Å²) in [6.07, 6.45) is 4.71. The molecular formula is C23H28FN3O2. The Bertz CT molecular complexity index is 856. The van der Waals surface area contributed by atoms with Crippen molar-refractivity contribution >= 4 is 17.5 Å². The number of carbonyl (C=O) groups excluding carboxylic acids is 2. The Labute approximate surface area is 170 Å². The number of amides is 2. The molecule has 0 aromatic heterocycles. The molecule has 2 atom stereocenters. The van der Waals surface area contributed by atoms with Crippen molar-refractivity contribution < 1.29 is 14.0 Å². The molecule has 3 rings (SSSR count). The SMILES string of the molecule is NCC1CCCC(CNC(=O)Cc2ccccc2NC(=O)c2cccc(F)c2)C1. The lowest BCUT2D eigenvalue weighted by Crippen LogP contribution is -2.34. The maximum absolute atomic E-state index is 13.4. The molecule has 29 heavy (non-hydrogen) atoms. The Balaban J connectivity index is 1.57. The van der Waals surface area contributed by atoms with E-state index in [1.807, 2.05) is 12.1 Å². The van der Waals surface area contributed by atoms with Crippen molar-refractivity contribution in [3.63, 3.8) is 0 Å². The van der Waals surface area contributed by atoms with E-state index in [1.165, 1.54) is 24.6 Å². The summed E-state index contributed by atoms with van der Waals surface area (Å²) in [5, 5.41) is 5.80. The van der Waals surface area contributed by atoms with Crippen molar-refractivity contribution in [2.45, 2.75) is 32.1 Å². The first-order chi connectivity index (χ1) is 14.0. The molecule has 2 aromatic rings. The average Bonchev–Trinajstić information content (AvgIpc) is 2.74. The van der Waals surface area contributed by atoms with Crippen LogP contribution in [0.5, 0.6) is 0 Å². The number of nitrogens with one attached hydrogen (secondary N) is 2. The van der Waals surface area contributed by atoms with Crippen LogP contribution in [0.15, 0.2) is 48.5 Å². The zero-order valence-corrected chi connectivity index (χ0v) is 16.5. The molecule has 2 amide bonds. The number of hydrogen-bond donors (Lipinski definition) is 3. The van der Waals surface area contributed by atoms with E-state index in [4.69, 9.17) is 5.73 Å². The van der Waals surface area contributed by atoms with E-state index in [-0.39, 0.29) is 17.9 Å². The number of hydrogen-bond acceptors (Lipinski definition) is 3. The molecule has 1 saturated carbocycles. The molecule has 5 nitrogen and oxygen atoms in total. The normalized spacial score (nSPS) is 18.8. The molecule has 2 unspecified atom stereocenters. The highest BCUT2D eigenvalue weighted by atomic mass is 19.1. The molecule has 0 spiro atoms. The first-order valence-corrected chi connectivity index (χ1v) is 10.2.